The van der Waals surface area contributed by atoms with Crippen molar-refractivity contribution in [1.82, 2.24) is 0 Å². The summed E-state index contributed by atoms with van der Waals surface area (Å²) in [6.45, 7) is 1.57. The molecule has 6 heteroatoms. The molecule has 1 rings (SSSR count). The fraction of sp³-hybridized carbons (Fsp3) is 1.00. The molecule has 1 heterocycles. The van der Waals surface area contributed by atoms with Gasteiger partial charge in [-0.05, 0) is 6.42 Å². The molecule has 0 aromatic carbocycles. The van der Waals surface area contributed by atoms with E-state index in [0.29, 0.717) is 0 Å². The Morgan fingerprint density at radius 1 is 1.09 bits per heavy atom. The van der Waals surface area contributed by atoms with Crippen LogP contribution in [-0.4, -0.2) is 32.9 Å². The zero-order valence-corrected chi connectivity index (χ0v) is 7.78. The summed E-state index contributed by atoms with van der Waals surface area (Å²) in [4.78, 5) is 0. The van der Waals surface area contributed by atoms with Crippen LogP contribution in [0, 0.1) is 0 Å². The molecule has 0 saturated carbocycles. The van der Waals surface area contributed by atoms with Crippen LogP contribution < -0.4 is 0 Å². The highest BCUT2D eigenvalue weighted by molar-refractivity contribution is 8.12. The monoisotopic (exact) mass is 198 g/mol. The van der Waals surface area contributed by atoms with Gasteiger partial charge in [-0.25, -0.2) is 16.8 Å². The first-order chi connectivity index (χ1) is 4.90. The number of hydrogen-bond acceptors (Lipinski definition) is 4. The molecule has 1 aliphatic rings. The van der Waals surface area contributed by atoms with Crippen molar-refractivity contribution in [2.75, 3.05) is 11.5 Å². The molecule has 1 aliphatic heterocycles. The van der Waals surface area contributed by atoms with Gasteiger partial charge in [-0.15, -0.1) is 0 Å². The molecule has 0 unspecified atom stereocenters. The summed E-state index contributed by atoms with van der Waals surface area (Å²) in [7, 11) is -6.67. The first-order valence-corrected chi connectivity index (χ1v) is 6.76. The van der Waals surface area contributed by atoms with Crippen LogP contribution in [0.2, 0.25) is 0 Å². The molecule has 66 valence electrons. The average molecular weight is 198 g/mol. The van der Waals surface area contributed by atoms with Gasteiger partial charge >= 0.3 is 0 Å². The van der Waals surface area contributed by atoms with Crippen molar-refractivity contribution >= 4 is 19.7 Å². The quantitative estimate of drug-likeness (QED) is 0.573. The summed E-state index contributed by atoms with van der Waals surface area (Å²) < 4.78 is 43.0. The van der Waals surface area contributed by atoms with Crippen molar-refractivity contribution in [3.05, 3.63) is 0 Å². The third-order valence-electron chi connectivity index (χ3n) is 1.79. The van der Waals surface area contributed by atoms with E-state index in [1.54, 1.807) is 6.92 Å². The highest BCUT2D eigenvalue weighted by atomic mass is 32.3. The molecule has 0 bridgehead atoms. The average Bonchev–Trinajstić information content (AvgIpc) is 2.03. The molecule has 11 heavy (non-hydrogen) atoms. The SMILES string of the molecule is CCC1S(=O)(=O)CCS1(=O)=O. The maximum Gasteiger partial charge on any atom is 0.168 e. The van der Waals surface area contributed by atoms with Crippen LogP contribution in [0.15, 0.2) is 0 Å². The van der Waals surface area contributed by atoms with E-state index in [2.05, 4.69) is 0 Å². The Balaban J connectivity index is 3.20. The van der Waals surface area contributed by atoms with Gasteiger partial charge in [0.1, 0.15) is 0 Å². The van der Waals surface area contributed by atoms with E-state index in [0.717, 1.165) is 0 Å². The minimum absolute atomic E-state index is 0.171. The van der Waals surface area contributed by atoms with E-state index in [1.807, 2.05) is 0 Å². The van der Waals surface area contributed by atoms with Gasteiger partial charge in [-0.2, -0.15) is 0 Å². The standard InChI is InChI=1S/C5H10O4S2/c1-2-5-10(6,7)3-4-11(5,8)9/h5H,2-4H2,1H3. The third-order valence-corrected chi connectivity index (χ3v) is 7.62. The van der Waals surface area contributed by atoms with Gasteiger partial charge in [0.2, 0.25) is 0 Å². The number of hydrogen-bond donors (Lipinski definition) is 0. The minimum Gasteiger partial charge on any atom is -0.227 e. The largest absolute Gasteiger partial charge is 0.227 e. The van der Waals surface area contributed by atoms with Gasteiger partial charge < -0.3 is 0 Å². The fourth-order valence-electron chi connectivity index (χ4n) is 1.23. The van der Waals surface area contributed by atoms with E-state index in [9.17, 15) is 16.8 Å². The Morgan fingerprint density at radius 3 is 1.64 bits per heavy atom. The van der Waals surface area contributed by atoms with Gasteiger partial charge in [-0.3, -0.25) is 0 Å². The first-order valence-electron chi connectivity index (χ1n) is 3.33. The Kier molecular flexibility index (Phi) is 2.00. The van der Waals surface area contributed by atoms with E-state index in [1.165, 1.54) is 0 Å². The summed E-state index contributed by atoms with van der Waals surface area (Å²) in [5.74, 6) is -0.401. The summed E-state index contributed by atoms with van der Waals surface area (Å²) in [6, 6.07) is 0. The van der Waals surface area contributed by atoms with Crippen molar-refractivity contribution in [3.8, 4) is 0 Å². The number of rotatable bonds is 1. The fourth-order valence-corrected chi connectivity index (χ4v) is 6.99. The lowest BCUT2D eigenvalue weighted by molar-refractivity contribution is 0.584. The van der Waals surface area contributed by atoms with Crippen molar-refractivity contribution in [2.45, 2.75) is 17.9 Å². The van der Waals surface area contributed by atoms with Crippen LogP contribution in [0.3, 0.4) is 0 Å². The molecule has 0 N–H and O–H groups in total. The van der Waals surface area contributed by atoms with Gasteiger partial charge in [0.25, 0.3) is 0 Å². The van der Waals surface area contributed by atoms with Crippen LogP contribution in [0.1, 0.15) is 13.3 Å². The lowest BCUT2D eigenvalue weighted by atomic mass is 10.6. The molecule has 0 amide bonds. The molecule has 1 saturated heterocycles. The van der Waals surface area contributed by atoms with Crippen molar-refractivity contribution in [2.24, 2.45) is 0 Å². The highest BCUT2D eigenvalue weighted by Gasteiger charge is 2.42. The number of sulfone groups is 2. The van der Waals surface area contributed by atoms with Crippen LogP contribution in [0.4, 0.5) is 0 Å². The maximum absolute atomic E-state index is 11.0. The second-order valence-corrected chi connectivity index (χ2v) is 7.48. The molecule has 0 aromatic heterocycles. The summed E-state index contributed by atoms with van der Waals surface area (Å²) in [6.07, 6.45) is 0.171. The van der Waals surface area contributed by atoms with E-state index in [4.69, 9.17) is 0 Å². The minimum atomic E-state index is -3.33. The Bertz CT molecular complexity index is 303. The van der Waals surface area contributed by atoms with Crippen molar-refractivity contribution in [1.29, 1.82) is 0 Å². The van der Waals surface area contributed by atoms with E-state index < -0.39 is 24.3 Å². The Labute approximate surface area is 66.4 Å². The third kappa shape index (κ3) is 1.41. The summed E-state index contributed by atoms with van der Waals surface area (Å²) in [5, 5.41) is 0. The topological polar surface area (TPSA) is 68.3 Å². The van der Waals surface area contributed by atoms with Gasteiger partial charge in [-0.1, -0.05) is 6.92 Å². The molecule has 0 aromatic rings. The molecule has 0 radical (unpaired) electrons. The molecule has 0 spiro atoms. The van der Waals surface area contributed by atoms with E-state index in [-0.39, 0.29) is 17.9 Å². The van der Waals surface area contributed by atoms with Crippen LogP contribution >= 0.6 is 0 Å². The summed E-state index contributed by atoms with van der Waals surface area (Å²) >= 11 is 0. The molecular formula is C5H10O4S2. The van der Waals surface area contributed by atoms with Crippen LogP contribution in [0.25, 0.3) is 0 Å². The molecule has 0 aliphatic carbocycles. The molecule has 0 atom stereocenters. The smallest absolute Gasteiger partial charge is 0.168 e. The van der Waals surface area contributed by atoms with Crippen molar-refractivity contribution in [3.63, 3.8) is 0 Å². The van der Waals surface area contributed by atoms with Crippen LogP contribution in [-0.2, 0) is 19.7 Å². The first kappa shape index (κ1) is 8.99. The van der Waals surface area contributed by atoms with E-state index >= 15 is 0 Å². The zero-order valence-electron chi connectivity index (χ0n) is 6.15. The molecule has 4 nitrogen and oxygen atoms in total. The molecule has 1 fully saturated rings. The molecular weight excluding hydrogens is 188 g/mol. The lowest BCUT2D eigenvalue weighted by Gasteiger charge is -2.03. The lowest BCUT2D eigenvalue weighted by Crippen LogP contribution is -2.21. The highest BCUT2D eigenvalue weighted by Crippen LogP contribution is 2.22. The predicted octanol–water partition coefficient (Wildman–Crippen LogP) is -0.434. The zero-order chi connectivity index (χ0) is 8.70. The van der Waals surface area contributed by atoms with Crippen molar-refractivity contribution < 1.29 is 16.8 Å². The Morgan fingerprint density at radius 2 is 1.45 bits per heavy atom. The van der Waals surface area contributed by atoms with Gasteiger partial charge in [0, 0.05) is 0 Å². The van der Waals surface area contributed by atoms with Gasteiger partial charge in [0.15, 0.2) is 24.3 Å². The Hall–Kier alpha value is -0.100. The second kappa shape index (κ2) is 2.45. The van der Waals surface area contributed by atoms with Gasteiger partial charge in [0.05, 0.1) is 11.5 Å². The summed E-state index contributed by atoms with van der Waals surface area (Å²) in [5.41, 5.74) is 0. The van der Waals surface area contributed by atoms with Crippen LogP contribution in [0.5, 0.6) is 0 Å². The normalized spacial score (nSPS) is 28.8. The predicted molar refractivity (Wildman–Crippen MR) is 41.7 cm³/mol. The maximum atomic E-state index is 11.0. The second-order valence-electron chi connectivity index (χ2n) is 2.57.